The summed E-state index contributed by atoms with van der Waals surface area (Å²) in [6.07, 6.45) is 8.79. The van der Waals surface area contributed by atoms with Gasteiger partial charge in [0, 0.05) is 26.8 Å². The van der Waals surface area contributed by atoms with Crippen molar-refractivity contribution in [1.29, 1.82) is 0 Å². The van der Waals surface area contributed by atoms with Crippen molar-refractivity contribution in [2.45, 2.75) is 50.4 Å². The quantitative estimate of drug-likeness (QED) is 0.430. The van der Waals surface area contributed by atoms with Gasteiger partial charge in [0.1, 0.15) is 0 Å². The van der Waals surface area contributed by atoms with Gasteiger partial charge in [-0.25, -0.2) is 0 Å². The first kappa shape index (κ1) is 16.1. The zero-order chi connectivity index (χ0) is 14.5. The van der Waals surface area contributed by atoms with Gasteiger partial charge in [-0.15, -0.1) is 0 Å². The maximum atomic E-state index is 6.07. The molecular formula is C15H19BBr2N2. The summed E-state index contributed by atoms with van der Waals surface area (Å²) >= 11 is 6.94. The molecule has 0 amide bonds. The van der Waals surface area contributed by atoms with E-state index in [9.17, 15) is 0 Å². The van der Waals surface area contributed by atoms with Gasteiger partial charge in [0.2, 0.25) is 0 Å². The smallest absolute Gasteiger partial charge is 0.0699 e. The molecule has 1 aromatic carbocycles. The minimum Gasteiger partial charge on any atom is -0.397 e. The Bertz CT molecular complexity index is 491. The summed E-state index contributed by atoms with van der Waals surface area (Å²) in [5.41, 5.74) is 7.76. The topological polar surface area (TPSA) is 38.4 Å². The molecule has 2 rings (SSSR count). The average molecular weight is 398 g/mol. The molecule has 1 aliphatic carbocycles. The Balaban J connectivity index is 2.08. The van der Waals surface area contributed by atoms with Crippen molar-refractivity contribution >= 4 is 51.6 Å². The molecule has 2 radical (unpaired) electrons. The van der Waals surface area contributed by atoms with Crippen LogP contribution < -0.4 is 5.73 Å². The van der Waals surface area contributed by atoms with Gasteiger partial charge in [0.15, 0.2) is 0 Å². The first-order valence-electron chi connectivity index (χ1n) is 7.09. The normalized spacial score (nSPS) is 24.5. The first-order valence-corrected chi connectivity index (χ1v) is 8.68. The summed E-state index contributed by atoms with van der Waals surface area (Å²) in [7, 11) is 6.05. The number of rotatable bonds is 2. The molecule has 1 aromatic rings. The molecule has 5 heteroatoms. The van der Waals surface area contributed by atoms with E-state index in [1.54, 1.807) is 0 Å². The van der Waals surface area contributed by atoms with Crippen LogP contribution in [0.4, 0.5) is 5.69 Å². The number of aliphatic imine (C=N–C) groups is 1. The Morgan fingerprint density at radius 2 is 1.90 bits per heavy atom. The summed E-state index contributed by atoms with van der Waals surface area (Å²) in [5, 5.41) is 0. The Morgan fingerprint density at radius 1 is 1.15 bits per heavy atom. The van der Waals surface area contributed by atoms with Gasteiger partial charge in [-0.3, -0.25) is 4.99 Å². The maximum absolute atomic E-state index is 6.07. The van der Waals surface area contributed by atoms with E-state index in [1.165, 1.54) is 12.8 Å². The summed E-state index contributed by atoms with van der Waals surface area (Å²) in [4.78, 5) is 4.73. The average Bonchev–Trinajstić information content (AvgIpc) is 2.39. The Hall–Kier alpha value is -0.285. The molecule has 0 aliphatic heterocycles. The van der Waals surface area contributed by atoms with E-state index in [0.717, 1.165) is 45.9 Å². The molecular weight excluding hydrogens is 379 g/mol. The lowest BCUT2D eigenvalue weighted by Gasteiger charge is -2.20. The third-order valence-electron chi connectivity index (χ3n) is 3.78. The molecule has 1 aliphatic rings. The molecule has 2 nitrogen and oxygen atoms in total. The number of halogens is 2. The lowest BCUT2D eigenvalue weighted by Crippen LogP contribution is -2.10. The highest BCUT2D eigenvalue weighted by atomic mass is 79.9. The van der Waals surface area contributed by atoms with Crippen LogP contribution in [0.2, 0.25) is 5.82 Å². The van der Waals surface area contributed by atoms with E-state index in [-0.39, 0.29) is 0 Å². The molecule has 0 aromatic heterocycles. The fourth-order valence-corrected chi connectivity index (χ4v) is 3.79. The van der Waals surface area contributed by atoms with Crippen molar-refractivity contribution in [3.05, 3.63) is 26.6 Å². The van der Waals surface area contributed by atoms with Crippen molar-refractivity contribution in [1.82, 2.24) is 0 Å². The van der Waals surface area contributed by atoms with E-state index >= 15 is 0 Å². The van der Waals surface area contributed by atoms with Crippen molar-refractivity contribution in [2.75, 3.05) is 5.73 Å². The van der Waals surface area contributed by atoms with Gasteiger partial charge in [-0.1, -0.05) is 47.4 Å². The summed E-state index contributed by atoms with van der Waals surface area (Å²) < 4.78 is 1.90. The molecule has 0 bridgehead atoms. The monoisotopic (exact) mass is 396 g/mol. The largest absolute Gasteiger partial charge is 0.397 e. The molecule has 2 N–H and O–H groups in total. The second kappa shape index (κ2) is 7.65. The maximum Gasteiger partial charge on any atom is 0.0699 e. The zero-order valence-electron chi connectivity index (χ0n) is 11.5. The highest BCUT2D eigenvalue weighted by Gasteiger charge is 2.13. The Morgan fingerprint density at radius 3 is 2.70 bits per heavy atom. The molecule has 1 fully saturated rings. The van der Waals surface area contributed by atoms with Crippen LogP contribution in [-0.4, -0.2) is 20.1 Å². The lowest BCUT2D eigenvalue weighted by atomic mass is 9.76. The van der Waals surface area contributed by atoms with Crippen LogP contribution in [0.15, 0.2) is 26.1 Å². The molecule has 0 spiro atoms. The molecule has 0 saturated heterocycles. The summed E-state index contributed by atoms with van der Waals surface area (Å²) in [6, 6.07) is 4.32. The van der Waals surface area contributed by atoms with Crippen LogP contribution in [0.25, 0.3) is 0 Å². The minimum atomic E-state index is 0.345. The van der Waals surface area contributed by atoms with Gasteiger partial charge in [0.05, 0.1) is 13.5 Å². The van der Waals surface area contributed by atoms with E-state index in [4.69, 9.17) is 18.6 Å². The molecule has 2 unspecified atom stereocenters. The number of nitrogens with two attached hydrogens (primary N) is 1. The van der Waals surface area contributed by atoms with Crippen LogP contribution in [0.5, 0.6) is 0 Å². The van der Waals surface area contributed by atoms with Gasteiger partial charge in [-0.2, -0.15) is 0 Å². The molecule has 0 heterocycles. The first-order chi connectivity index (χ1) is 9.56. The van der Waals surface area contributed by atoms with Crippen LogP contribution in [0.1, 0.15) is 44.1 Å². The number of benzene rings is 1. The third kappa shape index (κ3) is 4.62. The Kier molecular flexibility index (Phi) is 6.15. The predicted molar refractivity (Wildman–Crippen MR) is 94.8 cm³/mol. The highest BCUT2D eigenvalue weighted by Crippen LogP contribution is 2.28. The van der Waals surface area contributed by atoms with E-state index in [2.05, 4.69) is 31.9 Å². The van der Waals surface area contributed by atoms with Crippen molar-refractivity contribution < 1.29 is 0 Å². The number of hydrogen-bond acceptors (Lipinski definition) is 2. The molecule has 106 valence electrons. The van der Waals surface area contributed by atoms with E-state index < -0.39 is 0 Å². The standard InChI is InChI=1S/C15H19BBr2N2/c16-11-3-1-2-4-13(6-5-11)20-9-10-7-12(17)8-14(18)15(10)19/h7-9,11,13H,1-6,19H2. The number of nitrogens with zero attached hydrogens (tertiary/aromatic N) is 1. The van der Waals surface area contributed by atoms with Crippen LogP contribution in [0, 0.1) is 0 Å². The number of hydrogen-bond donors (Lipinski definition) is 1. The zero-order valence-corrected chi connectivity index (χ0v) is 14.7. The summed E-state index contributed by atoms with van der Waals surface area (Å²) in [5.74, 6) is 0.345. The van der Waals surface area contributed by atoms with Crippen molar-refractivity contribution in [3.8, 4) is 0 Å². The third-order valence-corrected chi connectivity index (χ3v) is 4.90. The van der Waals surface area contributed by atoms with Crippen LogP contribution in [0.3, 0.4) is 0 Å². The van der Waals surface area contributed by atoms with Crippen LogP contribution in [-0.2, 0) is 0 Å². The van der Waals surface area contributed by atoms with E-state index in [1.807, 2.05) is 18.3 Å². The van der Waals surface area contributed by atoms with Crippen molar-refractivity contribution in [3.63, 3.8) is 0 Å². The van der Waals surface area contributed by atoms with Crippen molar-refractivity contribution in [2.24, 2.45) is 4.99 Å². The van der Waals surface area contributed by atoms with Gasteiger partial charge >= 0.3 is 0 Å². The lowest BCUT2D eigenvalue weighted by molar-refractivity contribution is 0.456. The minimum absolute atomic E-state index is 0.345. The molecule has 2 atom stereocenters. The highest BCUT2D eigenvalue weighted by molar-refractivity contribution is 9.11. The van der Waals surface area contributed by atoms with Gasteiger partial charge < -0.3 is 5.73 Å². The SMILES string of the molecule is [B]C1CCCCC(N=Cc2cc(Br)cc(Br)c2N)CC1. The van der Waals surface area contributed by atoms with Crippen LogP contribution >= 0.6 is 31.9 Å². The second-order valence-electron chi connectivity index (χ2n) is 5.44. The summed E-state index contributed by atoms with van der Waals surface area (Å²) in [6.45, 7) is 0. The molecule has 1 saturated carbocycles. The van der Waals surface area contributed by atoms with Gasteiger partial charge in [-0.05, 0) is 40.9 Å². The predicted octanol–water partition coefficient (Wildman–Crippen LogP) is 4.89. The second-order valence-corrected chi connectivity index (χ2v) is 7.21. The fourth-order valence-electron chi connectivity index (χ4n) is 2.53. The van der Waals surface area contributed by atoms with E-state index in [0.29, 0.717) is 11.9 Å². The number of anilines is 1. The van der Waals surface area contributed by atoms with Gasteiger partial charge in [0.25, 0.3) is 0 Å². The number of nitrogen functional groups attached to an aromatic ring is 1. The Labute approximate surface area is 139 Å². The fraction of sp³-hybridized carbons (Fsp3) is 0.533. The molecule has 20 heavy (non-hydrogen) atoms.